The first-order valence-corrected chi connectivity index (χ1v) is 9.70. The van der Waals surface area contributed by atoms with Gasteiger partial charge in [-0.3, -0.25) is 9.59 Å². The number of unbranched alkanes of at least 4 members (excludes halogenated alkanes) is 1. The zero-order valence-electron chi connectivity index (χ0n) is 16.3. The maximum absolute atomic E-state index is 13.0. The number of carbonyl (C=O) groups excluding carboxylic acids is 2. The molecule has 1 aliphatic heterocycles. The second-order valence-electron chi connectivity index (χ2n) is 7.46. The number of piperazine rings is 1. The van der Waals surface area contributed by atoms with Crippen LogP contribution in [0.4, 0.5) is 5.69 Å². The highest BCUT2D eigenvalue weighted by Gasteiger charge is 2.41. The van der Waals surface area contributed by atoms with Crippen molar-refractivity contribution in [1.29, 1.82) is 0 Å². The molecule has 2 amide bonds. The molecule has 1 aliphatic rings. The summed E-state index contributed by atoms with van der Waals surface area (Å²) in [6.45, 7) is 8.96. The predicted molar refractivity (Wildman–Crippen MR) is 107 cm³/mol. The minimum atomic E-state index is -1.03. The van der Waals surface area contributed by atoms with E-state index in [4.69, 9.17) is 11.6 Å². The minimum absolute atomic E-state index is 0.0865. The van der Waals surface area contributed by atoms with Crippen molar-refractivity contribution >= 4 is 29.1 Å². The van der Waals surface area contributed by atoms with Gasteiger partial charge in [0.05, 0.1) is 0 Å². The van der Waals surface area contributed by atoms with Gasteiger partial charge in [0, 0.05) is 50.5 Å². The molecule has 144 valence electrons. The Morgan fingerprint density at radius 2 is 1.85 bits per heavy atom. The number of halogens is 1. The summed E-state index contributed by atoms with van der Waals surface area (Å²) >= 11 is 6.07. The number of amides is 2. The van der Waals surface area contributed by atoms with E-state index in [0.717, 1.165) is 31.6 Å². The molecule has 2 rings (SSSR count). The Balaban J connectivity index is 1.97. The topological polar surface area (TPSA) is 43.9 Å². The van der Waals surface area contributed by atoms with E-state index in [2.05, 4.69) is 11.8 Å². The van der Waals surface area contributed by atoms with Gasteiger partial charge < -0.3 is 14.7 Å². The van der Waals surface area contributed by atoms with Gasteiger partial charge in [-0.1, -0.05) is 31.0 Å². The van der Waals surface area contributed by atoms with Gasteiger partial charge in [0.25, 0.3) is 0 Å². The normalized spacial score (nSPS) is 15.1. The van der Waals surface area contributed by atoms with E-state index in [1.807, 2.05) is 29.2 Å². The van der Waals surface area contributed by atoms with Gasteiger partial charge in [-0.05, 0) is 38.5 Å². The van der Waals surface area contributed by atoms with E-state index in [1.54, 1.807) is 25.8 Å². The van der Waals surface area contributed by atoms with Crippen molar-refractivity contribution in [3.8, 4) is 0 Å². The third-order valence-electron chi connectivity index (χ3n) is 5.00. The monoisotopic (exact) mass is 379 g/mol. The second-order valence-corrected chi connectivity index (χ2v) is 7.90. The van der Waals surface area contributed by atoms with E-state index in [9.17, 15) is 9.59 Å². The van der Waals surface area contributed by atoms with Crippen molar-refractivity contribution in [2.45, 2.75) is 33.6 Å². The molecule has 1 fully saturated rings. The predicted octanol–water partition coefficient (Wildman–Crippen LogP) is 3.27. The summed E-state index contributed by atoms with van der Waals surface area (Å²) in [6.07, 6.45) is 1.97. The zero-order chi connectivity index (χ0) is 19.3. The average molecular weight is 380 g/mol. The highest BCUT2D eigenvalue weighted by molar-refractivity contribution is 6.30. The third kappa shape index (κ3) is 4.70. The van der Waals surface area contributed by atoms with Crippen LogP contribution in [0.2, 0.25) is 5.02 Å². The van der Waals surface area contributed by atoms with Crippen molar-refractivity contribution in [3.63, 3.8) is 0 Å². The maximum atomic E-state index is 13.0. The molecule has 0 aliphatic carbocycles. The fourth-order valence-electron chi connectivity index (χ4n) is 3.30. The highest BCUT2D eigenvalue weighted by Crippen LogP contribution is 2.25. The van der Waals surface area contributed by atoms with Crippen LogP contribution in [0.15, 0.2) is 24.3 Å². The highest BCUT2D eigenvalue weighted by atomic mass is 35.5. The van der Waals surface area contributed by atoms with Crippen LogP contribution in [0, 0.1) is 5.41 Å². The smallest absolute Gasteiger partial charge is 0.237 e. The number of nitrogens with zero attached hydrogens (tertiary/aromatic N) is 3. The van der Waals surface area contributed by atoms with E-state index in [0.29, 0.717) is 24.7 Å². The minimum Gasteiger partial charge on any atom is -0.368 e. The molecule has 0 unspecified atom stereocenters. The van der Waals surface area contributed by atoms with Gasteiger partial charge in [-0.15, -0.1) is 0 Å². The Labute approximate surface area is 161 Å². The molecule has 1 saturated heterocycles. The number of hydrogen-bond acceptors (Lipinski definition) is 3. The van der Waals surface area contributed by atoms with Crippen molar-refractivity contribution in [2.75, 3.05) is 44.7 Å². The standard InChI is InChI=1S/C20H30ClN3O2/c1-5-6-10-22(4)18(25)20(2,3)19(26)24-13-11-23(12-14-24)17-9-7-8-16(21)15-17/h7-9,15H,5-6,10-14H2,1-4H3. The number of benzene rings is 1. The largest absolute Gasteiger partial charge is 0.368 e. The van der Waals surface area contributed by atoms with Crippen LogP contribution in [0.3, 0.4) is 0 Å². The summed E-state index contributed by atoms with van der Waals surface area (Å²) in [6, 6.07) is 7.76. The van der Waals surface area contributed by atoms with E-state index in [1.165, 1.54) is 0 Å². The molecule has 0 saturated carbocycles. The first-order chi connectivity index (χ1) is 12.3. The Kier molecular flexibility index (Phi) is 6.93. The van der Waals surface area contributed by atoms with Crippen molar-refractivity contribution in [1.82, 2.24) is 9.80 Å². The van der Waals surface area contributed by atoms with Gasteiger partial charge in [0.15, 0.2) is 0 Å². The Morgan fingerprint density at radius 3 is 2.42 bits per heavy atom. The van der Waals surface area contributed by atoms with Crippen LogP contribution < -0.4 is 4.90 Å². The molecule has 0 N–H and O–H groups in total. The quantitative estimate of drug-likeness (QED) is 0.712. The average Bonchev–Trinajstić information content (AvgIpc) is 2.64. The van der Waals surface area contributed by atoms with Gasteiger partial charge in [0.1, 0.15) is 5.41 Å². The Bertz CT molecular complexity index is 640. The lowest BCUT2D eigenvalue weighted by Crippen LogP contribution is -2.55. The molecule has 0 atom stereocenters. The molecule has 1 aromatic carbocycles. The van der Waals surface area contributed by atoms with Gasteiger partial charge >= 0.3 is 0 Å². The molecule has 26 heavy (non-hydrogen) atoms. The van der Waals surface area contributed by atoms with Crippen LogP contribution in [0.1, 0.15) is 33.6 Å². The van der Waals surface area contributed by atoms with Crippen LogP contribution in [0.5, 0.6) is 0 Å². The summed E-state index contributed by atoms with van der Waals surface area (Å²) in [5, 5.41) is 0.711. The van der Waals surface area contributed by atoms with Crippen molar-refractivity contribution in [3.05, 3.63) is 29.3 Å². The second kappa shape index (κ2) is 8.76. The third-order valence-corrected chi connectivity index (χ3v) is 5.24. The van der Waals surface area contributed by atoms with E-state index in [-0.39, 0.29) is 11.8 Å². The van der Waals surface area contributed by atoms with Gasteiger partial charge in [0.2, 0.25) is 11.8 Å². The maximum Gasteiger partial charge on any atom is 0.237 e. The molecule has 6 heteroatoms. The number of anilines is 1. The van der Waals surface area contributed by atoms with Gasteiger partial charge in [-0.25, -0.2) is 0 Å². The summed E-state index contributed by atoms with van der Waals surface area (Å²) in [4.78, 5) is 31.4. The van der Waals surface area contributed by atoms with Gasteiger partial charge in [-0.2, -0.15) is 0 Å². The molecular weight excluding hydrogens is 350 g/mol. The lowest BCUT2D eigenvalue weighted by Gasteiger charge is -2.39. The van der Waals surface area contributed by atoms with Crippen LogP contribution in [-0.4, -0.2) is 61.4 Å². The lowest BCUT2D eigenvalue weighted by atomic mass is 9.89. The summed E-state index contributed by atoms with van der Waals surface area (Å²) in [7, 11) is 1.78. The summed E-state index contributed by atoms with van der Waals surface area (Å²) in [5.74, 6) is -0.190. The fourth-order valence-corrected chi connectivity index (χ4v) is 3.49. The Morgan fingerprint density at radius 1 is 1.19 bits per heavy atom. The first kappa shape index (κ1) is 20.6. The molecule has 0 bridgehead atoms. The molecular formula is C20H30ClN3O2. The van der Waals surface area contributed by atoms with Crippen LogP contribution >= 0.6 is 11.6 Å². The molecule has 1 heterocycles. The number of hydrogen-bond donors (Lipinski definition) is 0. The Hall–Kier alpha value is -1.75. The molecule has 1 aromatic rings. The molecule has 0 radical (unpaired) electrons. The van der Waals surface area contributed by atoms with Crippen molar-refractivity contribution < 1.29 is 9.59 Å². The van der Waals surface area contributed by atoms with E-state index < -0.39 is 5.41 Å². The number of carbonyl (C=O) groups is 2. The van der Waals surface area contributed by atoms with Crippen LogP contribution in [-0.2, 0) is 9.59 Å². The zero-order valence-corrected chi connectivity index (χ0v) is 17.1. The molecule has 0 spiro atoms. The van der Waals surface area contributed by atoms with Crippen LogP contribution in [0.25, 0.3) is 0 Å². The SMILES string of the molecule is CCCCN(C)C(=O)C(C)(C)C(=O)N1CCN(c2cccc(Cl)c2)CC1. The summed E-state index contributed by atoms with van der Waals surface area (Å²) in [5.41, 5.74) is 0.0417. The van der Waals surface area contributed by atoms with Crippen molar-refractivity contribution in [2.24, 2.45) is 5.41 Å². The fraction of sp³-hybridized carbons (Fsp3) is 0.600. The lowest BCUT2D eigenvalue weighted by molar-refractivity contribution is -0.153. The van der Waals surface area contributed by atoms with E-state index >= 15 is 0 Å². The first-order valence-electron chi connectivity index (χ1n) is 9.32. The summed E-state index contributed by atoms with van der Waals surface area (Å²) < 4.78 is 0. The number of rotatable bonds is 6. The molecule has 0 aromatic heterocycles. The molecule has 5 nitrogen and oxygen atoms in total.